The van der Waals surface area contributed by atoms with Crippen molar-refractivity contribution in [3.63, 3.8) is 0 Å². The van der Waals surface area contributed by atoms with Crippen LogP contribution >= 0.6 is 0 Å². The van der Waals surface area contributed by atoms with Gasteiger partial charge < -0.3 is 5.11 Å². The number of rotatable bonds is 21. The molecule has 2 aromatic rings. The first kappa shape index (κ1) is 40.1. The van der Waals surface area contributed by atoms with Crippen molar-refractivity contribution >= 4 is 31.6 Å². The van der Waals surface area contributed by atoms with E-state index < -0.39 is 36.6 Å². The van der Waals surface area contributed by atoms with Gasteiger partial charge in [0, 0.05) is 12.1 Å². The summed E-state index contributed by atoms with van der Waals surface area (Å²) in [5, 5.41) is 28.4. The lowest BCUT2D eigenvalue weighted by Crippen LogP contribution is -2.22. The van der Waals surface area contributed by atoms with E-state index in [-0.39, 0.29) is 59.0 Å². The van der Waals surface area contributed by atoms with E-state index in [1.165, 1.54) is 6.92 Å². The van der Waals surface area contributed by atoms with Crippen molar-refractivity contribution in [2.75, 3.05) is 13.2 Å². The average Bonchev–Trinajstić information content (AvgIpc) is 3.05. The number of hydrogen-bond acceptors (Lipinski definition) is 11. The minimum Gasteiger partial charge on any atom is -0.493 e. The van der Waals surface area contributed by atoms with Crippen LogP contribution in [0.5, 0.6) is 5.88 Å². The lowest BCUT2D eigenvalue weighted by molar-refractivity contribution is 0.237. The molecule has 1 heterocycles. The second-order valence-corrected chi connectivity index (χ2v) is 14.9. The van der Waals surface area contributed by atoms with Crippen molar-refractivity contribution in [1.29, 1.82) is 5.26 Å². The van der Waals surface area contributed by atoms with Crippen LogP contribution in [-0.4, -0.2) is 39.7 Å². The van der Waals surface area contributed by atoms with E-state index in [0.29, 0.717) is 19.3 Å². The summed E-state index contributed by atoms with van der Waals surface area (Å²) in [6.07, 6.45) is 8.03. The number of hydrogen-bond donors (Lipinski definition) is 1. The molecule has 47 heavy (non-hydrogen) atoms. The molecule has 0 radical (unpaired) electrons. The predicted octanol–water partition coefficient (Wildman–Crippen LogP) is 7.79. The zero-order chi connectivity index (χ0) is 35.2. The van der Waals surface area contributed by atoms with Crippen LogP contribution < -0.4 is 5.56 Å². The fraction of sp³-hybridized carbons (Fsp3) is 0.636. The molecule has 1 aromatic carbocycles. The fourth-order valence-corrected chi connectivity index (χ4v) is 7.01. The van der Waals surface area contributed by atoms with Crippen LogP contribution in [0.15, 0.2) is 43.0 Å². The molecule has 0 saturated heterocycles. The standard InChI is InChI=1S/C33H50N4O8S2/c1-7-12-15-25(10-4)22-44-46(40,41)27-17-18-30(47(42,43)45-23-26(11-5)16-13-8-2)29(20-27)35-36-31-24(6)28(21-34)32(38)37(33(31)39)19-14-9-3/h17-18,20,25-26,38H,7-16,19,22-23H2,1-6H3. The molecule has 0 spiro atoms. The third kappa shape index (κ3) is 11.0. The molecule has 12 nitrogen and oxygen atoms in total. The van der Waals surface area contributed by atoms with Gasteiger partial charge >= 0.3 is 0 Å². The Kier molecular flexibility index (Phi) is 16.2. The van der Waals surface area contributed by atoms with Gasteiger partial charge in [-0.15, -0.1) is 10.2 Å². The van der Waals surface area contributed by atoms with Gasteiger partial charge in [-0.25, -0.2) is 0 Å². The fourth-order valence-electron chi connectivity index (χ4n) is 4.93. The molecule has 14 heteroatoms. The molecule has 2 atom stereocenters. The second kappa shape index (κ2) is 19.0. The topological polar surface area (TPSA) is 177 Å². The Bertz CT molecular complexity index is 1680. The van der Waals surface area contributed by atoms with Crippen molar-refractivity contribution in [2.45, 2.75) is 122 Å². The Hall–Kier alpha value is -3.12. The van der Waals surface area contributed by atoms with Crippen LogP contribution in [0.1, 0.15) is 110 Å². The number of unbranched alkanes of at least 4 members (excludes halogenated alkanes) is 3. The molecule has 0 saturated carbocycles. The molecule has 0 bridgehead atoms. The van der Waals surface area contributed by atoms with Crippen LogP contribution in [0.25, 0.3) is 0 Å². The summed E-state index contributed by atoms with van der Waals surface area (Å²) in [7, 11) is -8.78. The van der Waals surface area contributed by atoms with Crippen LogP contribution in [0.2, 0.25) is 0 Å². The Labute approximate surface area is 280 Å². The minimum absolute atomic E-state index is 0.00675. The smallest absolute Gasteiger partial charge is 0.299 e. The van der Waals surface area contributed by atoms with E-state index in [2.05, 4.69) is 17.2 Å². The molecule has 1 aromatic heterocycles. The average molecular weight is 695 g/mol. The van der Waals surface area contributed by atoms with Crippen LogP contribution in [0.4, 0.5) is 11.4 Å². The highest BCUT2D eigenvalue weighted by Crippen LogP contribution is 2.33. The number of pyridine rings is 1. The first-order valence-corrected chi connectivity index (χ1v) is 19.3. The number of aromatic hydroxyl groups is 1. The maximum absolute atomic E-state index is 13.5. The number of benzene rings is 1. The lowest BCUT2D eigenvalue weighted by atomic mass is 10.0. The van der Waals surface area contributed by atoms with Crippen molar-refractivity contribution in [3.05, 3.63) is 39.7 Å². The highest BCUT2D eigenvalue weighted by atomic mass is 32.2. The van der Waals surface area contributed by atoms with Gasteiger partial charge in [0.15, 0.2) is 5.69 Å². The summed E-state index contributed by atoms with van der Waals surface area (Å²) in [5.41, 5.74) is -1.56. The molecule has 2 rings (SSSR count). The molecular weight excluding hydrogens is 645 g/mol. The van der Waals surface area contributed by atoms with Crippen molar-refractivity contribution in [2.24, 2.45) is 22.1 Å². The van der Waals surface area contributed by atoms with E-state index in [9.17, 15) is 32.0 Å². The molecule has 262 valence electrons. The Balaban J connectivity index is 2.68. The molecule has 0 fully saturated rings. The molecule has 2 unspecified atom stereocenters. The maximum Gasteiger partial charge on any atom is 0.299 e. The van der Waals surface area contributed by atoms with E-state index in [4.69, 9.17) is 8.37 Å². The normalized spacial score (nSPS) is 13.6. The summed E-state index contributed by atoms with van der Waals surface area (Å²) < 4.78 is 65.3. The van der Waals surface area contributed by atoms with E-state index >= 15 is 0 Å². The van der Waals surface area contributed by atoms with Gasteiger partial charge in [-0.3, -0.25) is 17.7 Å². The summed E-state index contributed by atoms with van der Waals surface area (Å²) in [6, 6.07) is 5.09. The number of aromatic nitrogens is 1. The zero-order valence-electron chi connectivity index (χ0n) is 28.5. The molecule has 1 N–H and O–H groups in total. The first-order valence-electron chi connectivity index (χ1n) is 16.5. The Morgan fingerprint density at radius 1 is 0.872 bits per heavy atom. The molecule has 0 aliphatic heterocycles. The summed E-state index contributed by atoms with van der Waals surface area (Å²) in [4.78, 5) is 12.6. The monoisotopic (exact) mass is 694 g/mol. The summed E-state index contributed by atoms with van der Waals surface area (Å²) in [6.45, 7) is 11.3. The maximum atomic E-state index is 13.5. The number of nitriles is 1. The highest BCUT2D eigenvalue weighted by Gasteiger charge is 2.26. The van der Waals surface area contributed by atoms with Gasteiger partial charge in [0.05, 0.1) is 18.1 Å². The van der Waals surface area contributed by atoms with E-state index in [1.54, 1.807) is 0 Å². The molecule has 0 aliphatic carbocycles. The van der Waals surface area contributed by atoms with Crippen LogP contribution in [0, 0.1) is 30.1 Å². The number of nitrogens with zero attached hydrogens (tertiary/aromatic N) is 4. The largest absolute Gasteiger partial charge is 0.493 e. The Morgan fingerprint density at radius 2 is 1.43 bits per heavy atom. The predicted molar refractivity (Wildman–Crippen MR) is 180 cm³/mol. The van der Waals surface area contributed by atoms with Crippen molar-refractivity contribution in [1.82, 2.24) is 4.57 Å². The van der Waals surface area contributed by atoms with Gasteiger partial charge in [-0.05, 0) is 56.2 Å². The lowest BCUT2D eigenvalue weighted by Gasteiger charge is -2.16. The molecule has 0 amide bonds. The quantitative estimate of drug-likeness (QED) is 0.101. The Morgan fingerprint density at radius 3 is 1.94 bits per heavy atom. The summed E-state index contributed by atoms with van der Waals surface area (Å²) in [5.74, 6) is -0.479. The highest BCUT2D eigenvalue weighted by molar-refractivity contribution is 7.87. The van der Waals surface area contributed by atoms with Gasteiger partial charge in [0.25, 0.3) is 25.8 Å². The van der Waals surface area contributed by atoms with Gasteiger partial charge in [-0.1, -0.05) is 79.6 Å². The van der Waals surface area contributed by atoms with Gasteiger partial charge in [0.1, 0.15) is 22.2 Å². The molecular formula is C33H50N4O8S2. The van der Waals surface area contributed by atoms with Gasteiger partial charge in [0.2, 0.25) is 5.88 Å². The van der Waals surface area contributed by atoms with Gasteiger partial charge in [-0.2, -0.15) is 22.1 Å². The first-order chi connectivity index (χ1) is 22.3. The number of azo groups is 1. The zero-order valence-corrected chi connectivity index (χ0v) is 30.1. The SMILES string of the molecule is CCCCC(CC)COS(=O)(=O)c1ccc(S(=O)(=O)OCC(CC)CCCC)c(N=Nc2c(C)c(C#N)c(O)n(CCCC)c2=O)c1. The minimum atomic E-state index is -4.45. The van der Waals surface area contributed by atoms with E-state index in [0.717, 1.165) is 67.7 Å². The van der Waals surface area contributed by atoms with Crippen molar-refractivity contribution in [3.8, 4) is 11.9 Å². The van der Waals surface area contributed by atoms with Crippen LogP contribution in [-0.2, 0) is 35.1 Å². The third-order valence-corrected chi connectivity index (χ3v) is 10.9. The van der Waals surface area contributed by atoms with E-state index in [1.807, 2.05) is 33.8 Å². The summed E-state index contributed by atoms with van der Waals surface area (Å²) >= 11 is 0. The third-order valence-electron chi connectivity index (χ3n) is 8.25. The van der Waals surface area contributed by atoms with Crippen LogP contribution in [0.3, 0.4) is 0 Å². The second-order valence-electron chi connectivity index (χ2n) is 11.7. The van der Waals surface area contributed by atoms with Crippen molar-refractivity contribution < 1.29 is 30.3 Å². The molecule has 0 aliphatic rings.